The van der Waals surface area contributed by atoms with Crippen LogP contribution in [-0.2, 0) is 35.2 Å². The van der Waals surface area contributed by atoms with E-state index in [9.17, 15) is 19.2 Å². The molecule has 0 aliphatic carbocycles. The Morgan fingerprint density at radius 1 is 1.00 bits per heavy atom. The van der Waals surface area contributed by atoms with Crippen molar-refractivity contribution in [3.63, 3.8) is 0 Å². The number of nitrogens with one attached hydrogen (secondary N) is 1. The van der Waals surface area contributed by atoms with Crippen molar-refractivity contribution in [2.75, 3.05) is 0 Å². The van der Waals surface area contributed by atoms with Gasteiger partial charge in [-0.05, 0) is 12.5 Å². The molecule has 8 heteroatoms. The average molecular weight is 337 g/mol. The number of ether oxygens (including phenoxy) is 2. The van der Waals surface area contributed by atoms with Gasteiger partial charge in [0, 0.05) is 20.4 Å². The van der Waals surface area contributed by atoms with Crippen LogP contribution in [-0.4, -0.2) is 41.1 Å². The molecule has 0 radical (unpaired) electrons. The second kappa shape index (κ2) is 8.66. The lowest BCUT2D eigenvalue weighted by Crippen LogP contribution is -2.49. The minimum absolute atomic E-state index is 0.100. The highest BCUT2D eigenvalue weighted by Gasteiger charge is 2.39. The number of aliphatic carboxylic acids is 1. The van der Waals surface area contributed by atoms with E-state index >= 15 is 0 Å². The fraction of sp³-hybridized carbons (Fsp3) is 0.375. The number of amides is 1. The summed E-state index contributed by atoms with van der Waals surface area (Å²) in [7, 11) is 0. The molecule has 0 bridgehead atoms. The number of rotatable bonds is 7. The third kappa shape index (κ3) is 6.07. The fourth-order valence-corrected chi connectivity index (χ4v) is 1.85. The summed E-state index contributed by atoms with van der Waals surface area (Å²) in [6, 6.07) is 7.28. The predicted molar refractivity (Wildman–Crippen MR) is 81.8 cm³/mol. The Labute approximate surface area is 138 Å². The Morgan fingerprint density at radius 3 is 1.96 bits per heavy atom. The molecule has 0 aliphatic rings. The van der Waals surface area contributed by atoms with Crippen molar-refractivity contribution < 1.29 is 33.8 Å². The number of hydrogen-bond donors (Lipinski definition) is 2. The molecule has 2 N–H and O–H groups in total. The molecule has 24 heavy (non-hydrogen) atoms. The van der Waals surface area contributed by atoms with Crippen LogP contribution < -0.4 is 5.32 Å². The zero-order valence-electron chi connectivity index (χ0n) is 13.6. The van der Waals surface area contributed by atoms with Gasteiger partial charge in [-0.3, -0.25) is 14.4 Å². The summed E-state index contributed by atoms with van der Waals surface area (Å²) >= 11 is 0. The van der Waals surface area contributed by atoms with Crippen LogP contribution in [0.2, 0.25) is 0 Å². The molecule has 0 aromatic heterocycles. The standard InChI is InChI=1S/C16H19NO7/c1-9-4-6-12(7-5-9)8-17-15(20)13(23-10(2)18)14(16(21)22)24-11(3)19/h4-7,13-14H,8H2,1-3H3,(H,17,20)(H,21,22)/t13-,14-/m1/s1. The van der Waals surface area contributed by atoms with Crippen LogP contribution in [0.15, 0.2) is 24.3 Å². The van der Waals surface area contributed by atoms with Gasteiger partial charge in [-0.25, -0.2) is 4.79 Å². The maximum atomic E-state index is 12.2. The van der Waals surface area contributed by atoms with E-state index in [-0.39, 0.29) is 6.54 Å². The third-order valence-corrected chi connectivity index (χ3v) is 2.95. The molecule has 0 fully saturated rings. The first-order valence-electron chi connectivity index (χ1n) is 7.11. The van der Waals surface area contributed by atoms with E-state index < -0.39 is 36.0 Å². The largest absolute Gasteiger partial charge is 0.478 e. The van der Waals surface area contributed by atoms with Crippen molar-refractivity contribution >= 4 is 23.8 Å². The number of esters is 2. The molecule has 0 saturated carbocycles. The van der Waals surface area contributed by atoms with Gasteiger partial charge in [0.05, 0.1) is 0 Å². The number of carboxylic acid groups (broad SMARTS) is 1. The molecule has 0 unspecified atom stereocenters. The molecular weight excluding hydrogens is 318 g/mol. The summed E-state index contributed by atoms with van der Waals surface area (Å²) in [4.78, 5) is 45.6. The van der Waals surface area contributed by atoms with Crippen molar-refractivity contribution in [2.45, 2.75) is 39.5 Å². The Bertz CT molecular complexity index is 624. The quantitative estimate of drug-likeness (QED) is 0.698. The van der Waals surface area contributed by atoms with Crippen molar-refractivity contribution in [2.24, 2.45) is 0 Å². The smallest absolute Gasteiger partial charge is 0.349 e. The SMILES string of the molecule is CC(=O)O[C@@H](C(=O)O)[C@@H](OC(C)=O)C(=O)NCc1ccc(C)cc1. The average Bonchev–Trinajstić information content (AvgIpc) is 2.49. The van der Waals surface area contributed by atoms with Gasteiger partial charge in [0.25, 0.3) is 5.91 Å². The van der Waals surface area contributed by atoms with E-state index in [4.69, 9.17) is 9.84 Å². The molecule has 1 amide bonds. The lowest BCUT2D eigenvalue weighted by molar-refractivity contribution is -0.180. The zero-order valence-corrected chi connectivity index (χ0v) is 13.6. The molecule has 1 aromatic carbocycles. The molecule has 0 spiro atoms. The van der Waals surface area contributed by atoms with E-state index in [2.05, 4.69) is 10.1 Å². The van der Waals surface area contributed by atoms with Crippen LogP contribution in [0.3, 0.4) is 0 Å². The number of benzene rings is 1. The van der Waals surface area contributed by atoms with E-state index in [0.717, 1.165) is 25.0 Å². The zero-order chi connectivity index (χ0) is 18.3. The van der Waals surface area contributed by atoms with Crippen molar-refractivity contribution in [1.82, 2.24) is 5.32 Å². The highest BCUT2D eigenvalue weighted by Crippen LogP contribution is 2.09. The number of aryl methyl sites for hydroxylation is 1. The number of carbonyl (C=O) groups excluding carboxylic acids is 3. The fourth-order valence-electron chi connectivity index (χ4n) is 1.85. The molecular formula is C16H19NO7. The van der Waals surface area contributed by atoms with Crippen molar-refractivity contribution in [3.05, 3.63) is 35.4 Å². The van der Waals surface area contributed by atoms with Crippen LogP contribution in [0.4, 0.5) is 0 Å². The second-order valence-corrected chi connectivity index (χ2v) is 5.10. The maximum absolute atomic E-state index is 12.2. The van der Waals surface area contributed by atoms with Gasteiger partial charge in [0.15, 0.2) is 0 Å². The summed E-state index contributed by atoms with van der Waals surface area (Å²) < 4.78 is 9.32. The Balaban J connectivity index is 2.86. The first kappa shape index (κ1) is 19.1. The third-order valence-electron chi connectivity index (χ3n) is 2.95. The van der Waals surface area contributed by atoms with Crippen LogP contribution in [0.1, 0.15) is 25.0 Å². The second-order valence-electron chi connectivity index (χ2n) is 5.10. The summed E-state index contributed by atoms with van der Waals surface area (Å²) in [6.45, 7) is 4.02. The van der Waals surface area contributed by atoms with E-state index in [1.807, 2.05) is 19.1 Å². The topological polar surface area (TPSA) is 119 Å². The van der Waals surface area contributed by atoms with E-state index in [0.29, 0.717) is 0 Å². The normalized spacial score (nSPS) is 12.6. The molecule has 2 atom stereocenters. The molecule has 1 rings (SSSR count). The first-order valence-corrected chi connectivity index (χ1v) is 7.11. The van der Waals surface area contributed by atoms with Crippen molar-refractivity contribution in [1.29, 1.82) is 0 Å². The number of carbonyl (C=O) groups is 4. The molecule has 130 valence electrons. The lowest BCUT2D eigenvalue weighted by atomic mass is 10.1. The van der Waals surface area contributed by atoms with Crippen LogP contribution in [0.25, 0.3) is 0 Å². The van der Waals surface area contributed by atoms with Crippen LogP contribution >= 0.6 is 0 Å². The van der Waals surface area contributed by atoms with Gasteiger partial charge in [0.1, 0.15) is 0 Å². The monoisotopic (exact) mass is 337 g/mol. The Morgan fingerprint density at radius 2 is 1.50 bits per heavy atom. The van der Waals surface area contributed by atoms with Gasteiger partial charge >= 0.3 is 17.9 Å². The molecule has 0 saturated heterocycles. The van der Waals surface area contributed by atoms with E-state index in [1.165, 1.54) is 0 Å². The maximum Gasteiger partial charge on any atom is 0.349 e. The van der Waals surface area contributed by atoms with Gasteiger partial charge in [-0.2, -0.15) is 0 Å². The van der Waals surface area contributed by atoms with Crippen LogP contribution in [0.5, 0.6) is 0 Å². The predicted octanol–water partition coefficient (Wildman–Crippen LogP) is 0.559. The minimum atomic E-state index is -1.93. The van der Waals surface area contributed by atoms with Crippen molar-refractivity contribution in [3.8, 4) is 0 Å². The van der Waals surface area contributed by atoms with E-state index in [1.54, 1.807) is 12.1 Å². The van der Waals surface area contributed by atoms with Crippen LogP contribution in [0, 0.1) is 6.92 Å². The minimum Gasteiger partial charge on any atom is -0.478 e. The van der Waals surface area contributed by atoms with Gasteiger partial charge in [-0.15, -0.1) is 0 Å². The summed E-state index contributed by atoms with van der Waals surface area (Å²) in [5.41, 5.74) is 1.82. The van der Waals surface area contributed by atoms with Gasteiger partial charge in [-0.1, -0.05) is 29.8 Å². The van der Waals surface area contributed by atoms with Gasteiger partial charge in [0.2, 0.25) is 12.2 Å². The molecule has 1 aromatic rings. The summed E-state index contributed by atoms with van der Waals surface area (Å²) in [6.07, 6.45) is -3.71. The van der Waals surface area contributed by atoms with Gasteiger partial charge < -0.3 is 19.9 Å². The highest BCUT2D eigenvalue weighted by atomic mass is 16.6. The molecule has 0 heterocycles. The Hall–Kier alpha value is -2.90. The summed E-state index contributed by atoms with van der Waals surface area (Å²) in [5, 5.41) is 11.6. The molecule has 8 nitrogen and oxygen atoms in total. The Kier molecular flexibility index (Phi) is 6.91. The lowest BCUT2D eigenvalue weighted by Gasteiger charge is -2.22. The highest BCUT2D eigenvalue weighted by molar-refractivity contribution is 5.90. The molecule has 0 aliphatic heterocycles. The number of carboxylic acids is 1. The summed E-state index contributed by atoms with van der Waals surface area (Å²) in [5.74, 6) is -4.25. The number of hydrogen-bond acceptors (Lipinski definition) is 6. The first-order chi connectivity index (χ1) is 11.2.